The lowest BCUT2D eigenvalue weighted by atomic mass is 10.3. The molecule has 0 unspecified atom stereocenters. The average Bonchev–Trinajstić information content (AvgIpc) is 2.75. The Hall–Kier alpha value is -1.46. The highest BCUT2D eigenvalue weighted by atomic mass is 79.9. The molecule has 18 heavy (non-hydrogen) atoms. The predicted octanol–water partition coefficient (Wildman–Crippen LogP) is 4.32. The molecule has 0 bridgehead atoms. The molecule has 0 radical (unpaired) electrons. The SMILES string of the molecule is Nc1cc(Br)ccc1Sc1nc2ccccc2o1. The van der Waals surface area contributed by atoms with Gasteiger partial charge in [-0.15, -0.1) is 0 Å². The Morgan fingerprint density at radius 1 is 1.17 bits per heavy atom. The van der Waals surface area contributed by atoms with Crippen molar-refractivity contribution in [3.8, 4) is 0 Å². The van der Waals surface area contributed by atoms with Crippen LogP contribution in [0.15, 0.2) is 61.5 Å². The van der Waals surface area contributed by atoms with Crippen LogP contribution in [0, 0.1) is 0 Å². The first-order chi connectivity index (χ1) is 8.72. The van der Waals surface area contributed by atoms with Gasteiger partial charge >= 0.3 is 0 Å². The minimum Gasteiger partial charge on any atom is -0.431 e. The number of nitrogen functional groups attached to an aromatic ring is 1. The Bertz CT molecular complexity index is 678. The molecule has 0 atom stereocenters. The number of para-hydroxylation sites is 2. The summed E-state index contributed by atoms with van der Waals surface area (Å²) in [5, 5.41) is 0.602. The zero-order valence-corrected chi connectivity index (χ0v) is 11.7. The van der Waals surface area contributed by atoms with Crippen LogP contribution in [0.5, 0.6) is 0 Å². The van der Waals surface area contributed by atoms with E-state index in [0.717, 1.165) is 20.5 Å². The average molecular weight is 321 g/mol. The zero-order chi connectivity index (χ0) is 12.5. The molecule has 3 aromatic rings. The van der Waals surface area contributed by atoms with Gasteiger partial charge in [-0.2, -0.15) is 0 Å². The molecular formula is C13H9BrN2OS. The van der Waals surface area contributed by atoms with Crippen LogP contribution in [0.2, 0.25) is 0 Å². The fourth-order valence-corrected chi connectivity index (χ4v) is 2.76. The number of hydrogen-bond donors (Lipinski definition) is 1. The number of oxazole rings is 1. The van der Waals surface area contributed by atoms with Crippen molar-refractivity contribution in [1.29, 1.82) is 0 Å². The fraction of sp³-hybridized carbons (Fsp3) is 0. The standard InChI is InChI=1S/C13H9BrN2OS/c14-8-5-6-12(9(15)7-8)18-13-16-10-3-1-2-4-11(10)17-13/h1-7H,15H2. The molecule has 2 aromatic carbocycles. The van der Waals surface area contributed by atoms with Crippen LogP contribution in [-0.2, 0) is 0 Å². The quantitative estimate of drug-likeness (QED) is 0.714. The van der Waals surface area contributed by atoms with E-state index in [1.54, 1.807) is 0 Å². The van der Waals surface area contributed by atoms with Crippen LogP contribution < -0.4 is 5.73 Å². The number of hydrogen-bond acceptors (Lipinski definition) is 4. The maximum atomic E-state index is 5.94. The molecule has 0 fully saturated rings. The molecule has 0 aliphatic carbocycles. The summed E-state index contributed by atoms with van der Waals surface area (Å²) >= 11 is 4.81. The Morgan fingerprint density at radius 3 is 2.78 bits per heavy atom. The normalized spacial score (nSPS) is 10.9. The topological polar surface area (TPSA) is 52.0 Å². The van der Waals surface area contributed by atoms with Crippen molar-refractivity contribution in [2.75, 3.05) is 5.73 Å². The first kappa shape index (κ1) is 11.6. The molecule has 0 aliphatic heterocycles. The third kappa shape index (κ3) is 2.23. The van der Waals surface area contributed by atoms with Gasteiger partial charge in [0.2, 0.25) is 0 Å². The van der Waals surface area contributed by atoms with Crippen LogP contribution in [0.25, 0.3) is 11.1 Å². The smallest absolute Gasteiger partial charge is 0.261 e. The van der Waals surface area contributed by atoms with Gasteiger partial charge in [0.25, 0.3) is 5.22 Å². The van der Waals surface area contributed by atoms with E-state index in [1.165, 1.54) is 11.8 Å². The van der Waals surface area contributed by atoms with Gasteiger partial charge in [0.05, 0.1) is 0 Å². The lowest BCUT2D eigenvalue weighted by molar-refractivity contribution is 0.489. The number of rotatable bonds is 2. The van der Waals surface area contributed by atoms with Gasteiger partial charge in [0.15, 0.2) is 5.58 Å². The van der Waals surface area contributed by atoms with Crippen molar-refractivity contribution in [3.63, 3.8) is 0 Å². The minimum atomic E-state index is 0.602. The fourth-order valence-electron chi connectivity index (χ4n) is 1.60. The number of anilines is 1. The van der Waals surface area contributed by atoms with Crippen LogP contribution in [0.3, 0.4) is 0 Å². The molecule has 90 valence electrons. The van der Waals surface area contributed by atoms with E-state index < -0.39 is 0 Å². The van der Waals surface area contributed by atoms with Gasteiger partial charge < -0.3 is 10.2 Å². The maximum absolute atomic E-state index is 5.94. The predicted molar refractivity (Wildman–Crippen MR) is 76.7 cm³/mol. The highest BCUT2D eigenvalue weighted by Crippen LogP contribution is 2.34. The summed E-state index contributed by atoms with van der Waals surface area (Å²) in [5.74, 6) is 0. The second-order valence-electron chi connectivity index (χ2n) is 3.73. The largest absolute Gasteiger partial charge is 0.431 e. The molecule has 0 saturated carbocycles. The summed E-state index contributed by atoms with van der Waals surface area (Å²) in [6, 6.07) is 13.4. The van der Waals surface area contributed by atoms with Crippen molar-refractivity contribution >= 4 is 44.5 Å². The summed E-state index contributed by atoms with van der Waals surface area (Å²) in [5.41, 5.74) is 8.29. The van der Waals surface area contributed by atoms with E-state index in [-0.39, 0.29) is 0 Å². The summed E-state index contributed by atoms with van der Waals surface area (Å²) < 4.78 is 6.60. The Balaban J connectivity index is 1.96. The molecule has 0 spiro atoms. The van der Waals surface area contributed by atoms with E-state index in [0.29, 0.717) is 10.9 Å². The van der Waals surface area contributed by atoms with E-state index >= 15 is 0 Å². The second-order valence-corrected chi connectivity index (χ2v) is 5.64. The minimum absolute atomic E-state index is 0.602. The molecule has 5 heteroatoms. The molecule has 2 N–H and O–H groups in total. The highest BCUT2D eigenvalue weighted by Gasteiger charge is 2.09. The molecule has 3 rings (SSSR count). The number of fused-ring (bicyclic) bond motifs is 1. The van der Waals surface area contributed by atoms with Crippen LogP contribution in [-0.4, -0.2) is 4.98 Å². The Kier molecular flexibility index (Phi) is 3.01. The van der Waals surface area contributed by atoms with Crippen molar-refractivity contribution in [1.82, 2.24) is 4.98 Å². The van der Waals surface area contributed by atoms with Crippen molar-refractivity contribution in [2.24, 2.45) is 0 Å². The Labute approximate surface area is 117 Å². The molecule has 1 aromatic heterocycles. The molecule has 0 saturated heterocycles. The van der Waals surface area contributed by atoms with Gasteiger partial charge in [-0.25, -0.2) is 4.98 Å². The molecule has 1 heterocycles. The second kappa shape index (κ2) is 4.66. The summed E-state index contributed by atoms with van der Waals surface area (Å²) in [4.78, 5) is 5.34. The van der Waals surface area contributed by atoms with Crippen molar-refractivity contribution in [3.05, 3.63) is 46.9 Å². The molecule has 0 aliphatic rings. The Morgan fingerprint density at radius 2 is 2.00 bits per heavy atom. The van der Waals surface area contributed by atoms with Gasteiger partial charge in [-0.3, -0.25) is 0 Å². The third-order valence-electron chi connectivity index (χ3n) is 2.44. The molecule has 0 amide bonds. The number of nitrogens with zero attached hydrogens (tertiary/aromatic N) is 1. The number of halogens is 1. The van der Waals surface area contributed by atoms with E-state index in [9.17, 15) is 0 Å². The summed E-state index contributed by atoms with van der Waals surface area (Å²) in [6.07, 6.45) is 0. The van der Waals surface area contributed by atoms with Gasteiger partial charge in [0.1, 0.15) is 5.52 Å². The van der Waals surface area contributed by atoms with Crippen LogP contribution in [0.4, 0.5) is 5.69 Å². The van der Waals surface area contributed by atoms with E-state index in [1.807, 2.05) is 42.5 Å². The number of nitrogens with two attached hydrogens (primary N) is 1. The lowest BCUT2D eigenvalue weighted by Gasteiger charge is -2.02. The van der Waals surface area contributed by atoms with Crippen molar-refractivity contribution in [2.45, 2.75) is 10.1 Å². The van der Waals surface area contributed by atoms with Gasteiger partial charge in [-0.1, -0.05) is 28.1 Å². The van der Waals surface area contributed by atoms with Gasteiger partial charge in [0, 0.05) is 15.1 Å². The van der Waals surface area contributed by atoms with Crippen LogP contribution >= 0.6 is 27.7 Å². The number of aromatic nitrogens is 1. The molecular weight excluding hydrogens is 312 g/mol. The first-order valence-corrected chi connectivity index (χ1v) is 6.92. The van der Waals surface area contributed by atoms with E-state index in [2.05, 4.69) is 20.9 Å². The molecule has 3 nitrogen and oxygen atoms in total. The number of benzene rings is 2. The maximum Gasteiger partial charge on any atom is 0.261 e. The van der Waals surface area contributed by atoms with Crippen LogP contribution in [0.1, 0.15) is 0 Å². The third-order valence-corrected chi connectivity index (χ3v) is 3.88. The van der Waals surface area contributed by atoms with Gasteiger partial charge in [-0.05, 0) is 42.1 Å². The lowest BCUT2D eigenvalue weighted by Crippen LogP contribution is -1.87. The summed E-state index contributed by atoms with van der Waals surface area (Å²) in [7, 11) is 0. The zero-order valence-electron chi connectivity index (χ0n) is 9.26. The monoisotopic (exact) mass is 320 g/mol. The first-order valence-electron chi connectivity index (χ1n) is 5.31. The highest BCUT2D eigenvalue weighted by molar-refractivity contribution is 9.10. The van der Waals surface area contributed by atoms with E-state index in [4.69, 9.17) is 10.2 Å². The summed E-state index contributed by atoms with van der Waals surface area (Å²) in [6.45, 7) is 0. The van der Waals surface area contributed by atoms with Crippen molar-refractivity contribution < 1.29 is 4.42 Å².